The minimum atomic E-state index is -0.894. The van der Waals surface area contributed by atoms with E-state index in [1.54, 1.807) is 12.3 Å². The molecular formula is C14H20N2O2. The van der Waals surface area contributed by atoms with Crippen LogP contribution in [0.2, 0.25) is 0 Å². The van der Waals surface area contributed by atoms with Crippen LogP contribution < -0.4 is 0 Å². The smallest absolute Gasteiger partial charge is 0.335 e. The summed E-state index contributed by atoms with van der Waals surface area (Å²) >= 11 is 0. The van der Waals surface area contributed by atoms with Crippen LogP contribution in [0, 0.1) is 11.3 Å². The maximum atomic E-state index is 10.9. The van der Waals surface area contributed by atoms with Gasteiger partial charge in [0.25, 0.3) is 0 Å². The third kappa shape index (κ3) is 2.88. The minimum absolute atomic E-state index is 0.313. The van der Waals surface area contributed by atoms with E-state index in [2.05, 4.69) is 30.7 Å². The molecule has 0 radical (unpaired) electrons. The van der Waals surface area contributed by atoms with Gasteiger partial charge >= 0.3 is 5.97 Å². The molecule has 1 aromatic heterocycles. The summed E-state index contributed by atoms with van der Waals surface area (Å²) in [5, 5.41) is 8.92. The first-order chi connectivity index (χ1) is 8.36. The molecule has 18 heavy (non-hydrogen) atoms. The molecule has 0 saturated carbocycles. The van der Waals surface area contributed by atoms with Gasteiger partial charge in [0, 0.05) is 25.8 Å². The Morgan fingerprint density at radius 3 is 2.72 bits per heavy atom. The lowest BCUT2D eigenvalue weighted by atomic mass is 9.76. The molecule has 1 aromatic rings. The maximum absolute atomic E-state index is 10.9. The summed E-state index contributed by atoms with van der Waals surface area (Å²) < 4.78 is 0. The number of aromatic carboxylic acids is 1. The van der Waals surface area contributed by atoms with Crippen LogP contribution in [0.3, 0.4) is 0 Å². The second kappa shape index (κ2) is 4.69. The van der Waals surface area contributed by atoms with Crippen molar-refractivity contribution in [2.75, 3.05) is 13.1 Å². The molecule has 1 fully saturated rings. The van der Waals surface area contributed by atoms with Crippen molar-refractivity contribution in [3.8, 4) is 0 Å². The van der Waals surface area contributed by atoms with Crippen molar-refractivity contribution in [3.63, 3.8) is 0 Å². The van der Waals surface area contributed by atoms with Gasteiger partial charge in [-0.2, -0.15) is 0 Å². The molecule has 0 spiro atoms. The van der Waals surface area contributed by atoms with E-state index >= 15 is 0 Å². The molecule has 98 valence electrons. The third-order valence-corrected chi connectivity index (χ3v) is 3.63. The molecule has 1 aliphatic heterocycles. The second-order valence-corrected chi connectivity index (χ2v) is 6.10. The Morgan fingerprint density at radius 2 is 2.17 bits per heavy atom. The van der Waals surface area contributed by atoms with Crippen molar-refractivity contribution in [3.05, 3.63) is 29.6 Å². The van der Waals surface area contributed by atoms with E-state index in [-0.39, 0.29) is 0 Å². The van der Waals surface area contributed by atoms with Crippen LogP contribution in [0.4, 0.5) is 0 Å². The van der Waals surface area contributed by atoms with Crippen molar-refractivity contribution in [2.45, 2.75) is 27.3 Å². The van der Waals surface area contributed by atoms with Gasteiger partial charge in [0.1, 0.15) is 0 Å². The molecule has 0 aliphatic carbocycles. The van der Waals surface area contributed by atoms with Crippen LogP contribution in [-0.4, -0.2) is 34.0 Å². The molecule has 4 heteroatoms. The third-order valence-electron chi connectivity index (χ3n) is 3.63. The molecule has 1 N–H and O–H groups in total. The van der Waals surface area contributed by atoms with Crippen LogP contribution in [0.15, 0.2) is 18.3 Å². The Balaban J connectivity index is 1.92. The molecule has 0 amide bonds. The number of aromatic nitrogens is 1. The number of rotatable bonds is 3. The number of hydrogen-bond donors (Lipinski definition) is 1. The van der Waals surface area contributed by atoms with E-state index in [4.69, 9.17) is 5.11 Å². The Kier molecular flexibility index (Phi) is 3.39. The molecule has 4 nitrogen and oxygen atoms in total. The Morgan fingerprint density at radius 1 is 1.50 bits per heavy atom. The van der Waals surface area contributed by atoms with Gasteiger partial charge < -0.3 is 5.11 Å². The van der Waals surface area contributed by atoms with Crippen molar-refractivity contribution in [2.24, 2.45) is 11.3 Å². The monoisotopic (exact) mass is 248 g/mol. The normalized spacial score (nSPS) is 17.5. The zero-order valence-electron chi connectivity index (χ0n) is 11.2. The number of carboxylic acids is 1. The van der Waals surface area contributed by atoms with Crippen LogP contribution in [-0.2, 0) is 6.54 Å². The van der Waals surface area contributed by atoms with E-state index in [0.717, 1.165) is 31.2 Å². The van der Waals surface area contributed by atoms with Crippen molar-refractivity contribution in [1.29, 1.82) is 0 Å². The molecule has 0 unspecified atom stereocenters. The number of carbonyl (C=O) groups is 1. The highest BCUT2D eigenvalue weighted by Gasteiger charge is 2.35. The molecular weight excluding hydrogens is 228 g/mol. The van der Waals surface area contributed by atoms with Gasteiger partial charge in [-0.1, -0.05) is 20.8 Å². The molecule has 1 saturated heterocycles. The summed E-state index contributed by atoms with van der Waals surface area (Å²) in [4.78, 5) is 17.4. The molecule has 2 heterocycles. The quantitative estimate of drug-likeness (QED) is 0.891. The lowest BCUT2D eigenvalue weighted by Gasteiger charge is -2.46. The van der Waals surface area contributed by atoms with Gasteiger partial charge in [0.05, 0.1) is 11.3 Å². The second-order valence-electron chi connectivity index (χ2n) is 6.10. The summed E-state index contributed by atoms with van der Waals surface area (Å²) in [7, 11) is 0. The van der Waals surface area contributed by atoms with E-state index < -0.39 is 5.97 Å². The van der Waals surface area contributed by atoms with Gasteiger partial charge in [-0.05, 0) is 23.5 Å². The predicted octanol–water partition coefficient (Wildman–Crippen LogP) is 2.26. The van der Waals surface area contributed by atoms with E-state index in [1.807, 2.05) is 0 Å². The lowest BCUT2D eigenvalue weighted by Crippen LogP contribution is -2.51. The van der Waals surface area contributed by atoms with Crippen molar-refractivity contribution < 1.29 is 9.90 Å². The summed E-state index contributed by atoms with van der Waals surface area (Å²) in [5.74, 6) is -0.171. The number of hydrogen-bond acceptors (Lipinski definition) is 3. The SMILES string of the molecule is CC(C)(C)C1CN(Cc2cc(C(=O)O)ccn2)C1. The fraction of sp³-hybridized carbons (Fsp3) is 0.571. The molecule has 0 bridgehead atoms. The van der Waals surface area contributed by atoms with Crippen LogP contribution in [0.1, 0.15) is 36.8 Å². The largest absolute Gasteiger partial charge is 0.478 e. The van der Waals surface area contributed by atoms with Gasteiger partial charge in [-0.25, -0.2) is 4.79 Å². The summed E-state index contributed by atoms with van der Waals surface area (Å²) in [6.45, 7) is 9.67. The predicted molar refractivity (Wildman–Crippen MR) is 69.4 cm³/mol. The molecule has 0 aromatic carbocycles. The Labute approximate surface area is 108 Å². The zero-order valence-corrected chi connectivity index (χ0v) is 11.2. The van der Waals surface area contributed by atoms with E-state index in [1.165, 1.54) is 6.07 Å². The number of nitrogens with zero attached hydrogens (tertiary/aromatic N) is 2. The van der Waals surface area contributed by atoms with Crippen LogP contribution in [0.25, 0.3) is 0 Å². The molecule has 0 atom stereocenters. The fourth-order valence-corrected chi connectivity index (χ4v) is 2.17. The number of carboxylic acid groups (broad SMARTS) is 1. The van der Waals surface area contributed by atoms with Crippen LogP contribution >= 0.6 is 0 Å². The first-order valence-corrected chi connectivity index (χ1v) is 6.27. The standard InChI is InChI=1S/C14H20N2O2/c1-14(2,3)11-7-16(8-11)9-12-6-10(13(17)18)4-5-15-12/h4-6,11H,7-9H2,1-3H3,(H,17,18). The Hall–Kier alpha value is -1.42. The van der Waals surface area contributed by atoms with Crippen molar-refractivity contribution in [1.82, 2.24) is 9.88 Å². The van der Waals surface area contributed by atoms with Gasteiger partial charge in [-0.15, -0.1) is 0 Å². The minimum Gasteiger partial charge on any atom is -0.478 e. The highest BCUT2D eigenvalue weighted by Crippen LogP contribution is 2.34. The summed E-state index contributed by atoms with van der Waals surface area (Å²) in [6, 6.07) is 3.19. The zero-order chi connectivity index (χ0) is 13.3. The Bertz CT molecular complexity index is 445. The van der Waals surface area contributed by atoms with E-state index in [0.29, 0.717) is 11.0 Å². The number of likely N-dealkylation sites (tertiary alicyclic amines) is 1. The molecule has 2 rings (SSSR count). The van der Waals surface area contributed by atoms with Crippen LogP contribution in [0.5, 0.6) is 0 Å². The number of pyridine rings is 1. The topological polar surface area (TPSA) is 53.4 Å². The average Bonchev–Trinajstić information content (AvgIpc) is 2.21. The van der Waals surface area contributed by atoms with E-state index in [9.17, 15) is 4.79 Å². The molecule has 1 aliphatic rings. The van der Waals surface area contributed by atoms with Gasteiger partial charge in [0.15, 0.2) is 0 Å². The average molecular weight is 248 g/mol. The fourth-order valence-electron chi connectivity index (χ4n) is 2.17. The first kappa shape index (κ1) is 13.0. The highest BCUT2D eigenvalue weighted by molar-refractivity contribution is 5.87. The van der Waals surface area contributed by atoms with Crippen molar-refractivity contribution >= 4 is 5.97 Å². The van der Waals surface area contributed by atoms with Gasteiger partial charge in [-0.3, -0.25) is 9.88 Å². The van der Waals surface area contributed by atoms with Gasteiger partial charge in [0.2, 0.25) is 0 Å². The summed E-state index contributed by atoms with van der Waals surface area (Å²) in [5.41, 5.74) is 1.50. The first-order valence-electron chi connectivity index (χ1n) is 6.27. The highest BCUT2D eigenvalue weighted by atomic mass is 16.4. The maximum Gasteiger partial charge on any atom is 0.335 e. The summed E-state index contributed by atoms with van der Waals surface area (Å²) in [6.07, 6.45) is 1.57. The lowest BCUT2D eigenvalue weighted by molar-refractivity contribution is 0.0180.